The van der Waals surface area contributed by atoms with Crippen LogP contribution in [0.4, 0.5) is 5.69 Å². The molecule has 0 aliphatic heterocycles. The van der Waals surface area contributed by atoms with Crippen LogP contribution >= 0.6 is 0 Å². The molecule has 6 heteroatoms. The van der Waals surface area contributed by atoms with Gasteiger partial charge in [-0.2, -0.15) is 0 Å². The second-order valence-corrected chi connectivity index (χ2v) is 6.70. The van der Waals surface area contributed by atoms with Gasteiger partial charge in [-0.15, -0.1) is 0 Å². The molecule has 0 atom stereocenters. The lowest BCUT2D eigenvalue weighted by molar-refractivity contribution is -0.115. The summed E-state index contributed by atoms with van der Waals surface area (Å²) in [5.74, 6) is 2.83. The lowest BCUT2D eigenvalue weighted by Crippen LogP contribution is -2.14. The lowest BCUT2D eigenvalue weighted by atomic mass is 10.1. The Balaban J connectivity index is 1.65. The van der Waals surface area contributed by atoms with Gasteiger partial charge in [-0.1, -0.05) is 12.1 Å². The average Bonchev–Trinajstić information content (AvgIpc) is 2.74. The minimum Gasteiger partial charge on any atom is -0.493 e. The highest BCUT2D eigenvalue weighted by Crippen LogP contribution is 2.38. The van der Waals surface area contributed by atoms with Crippen molar-refractivity contribution >= 4 is 11.6 Å². The van der Waals surface area contributed by atoms with Gasteiger partial charge < -0.3 is 24.3 Å². The first kappa shape index (κ1) is 21.0. The molecule has 30 heavy (non-hydrogen) atoms. The van der Waals surface area contributed by atoms with E-state index in [0.29, 0.717) is 28.7 Å². The van der Waals surface area contributed by atoms with Gasteiger partial charge in [0.25, 0.3) is 0 Å². The third-order valence-electron chi connectivity index (χ3n) is 4.45. The van der Waals surface area contributed by atoms with Gasteiger partial charge in [0.15, 0.2) is 11.5 Å². The lowest BCUT2D eigenvalue weighted by Gasteiger charge is -2.14. The Morgan fingerprint density at radius 3 is 2.07 bits per heavy atom. The molecule has 1 amide bonds. The summed E-state index contributed by atoms with van der Waals surface area (Å²) in [4.78, 5) is 12.5. The summed E-state index contributed by atoms with van der Waals surface area (Å²) in [5.41, 5.74) is 2.56. The average molecular weight is 407 g/mol. The molecule has 6 nitrogen and oxygen atoms in total. The Morgan fingerprint density at radius 2 is 1.50 bits per heavy atom. The van der Waals surface area contributed by atoms with Crippen molar-refractivity contribution in [1.82, 2.24) is 0 Å². The highest BCUT2D eigenvalue weighted by atomic mass is 16.5. The number of aryl methyl sites for hydroxylation is 1. The van der Waals surface area contributed by atoms with Crippen LogP contribution in [0.2, 0.25) is 0 Å². The SMILES string of the molecule is COc1cc(CC(=O)Nc2ccc(Oc3cccc(C)c3)cc2)cc(OC)c1OC. The number of rotatable bonds is 8. The van der Waals surface area contributed by atoms with Crippen molar-refractivity contribution in [3.05, 3.63) is 71.8 Å². The number of hydrogen-bond acceptors (Lipinski definition) is 5. The molecule has 0 saturated carbocycles. The van der Waals surface area contributed by atoms with Crippen LogP contribution in [-0.4, -0.2) is 27.2 Å². The van der Waals surface area contributed by atoms with E-state index >= 15 is 0 Å². The van der Waals surface area contributed by atoms with Gasteiger partial charge in [0.1, 0.15) is 11.5 Å². The van der Waals surface area contributed by atoms with Crippen LogP contribution in [0.3, 0.4) is 0 Å². The molecular weight excluding hydrogens is 382 g/mol. The van der Waals surface area contributed by atoms with Crippen molar-refractivity contribution < 1.29 is 23.7 Å². The monoisotopic (exact) mass is 407 g/mol. The number of carbonyl (C=O) groups is 1. The number of hydrogen-bond donors (Lipinski definition) is 1. The predicted octanol–water partition coefficient (Wildman–Crippen LogP) is 4.99. The Kier molecular flexibility index (Phi) is 6.80. The Hall–Kier alpha value is -3.67. The number of amides is 1. The van der Waals surface area contributed by atoms with E-state index in [2.05, 4.69) is 5.32 Å². The van der Waals surface area contributed by atoms with Crippen LogP contribution in [0.15, 0.2) is 60.7 Å². The molecule has 0 aliphatic carbocycles. The Labute approximate surface area is 176 Å². The summed E-state index contributed by atoms with van der Waals surface area (Å²) in [6, 6.07) is 18.6. The smallest absolute Gasteiger partial charge is 0.228 e. The standard InChI is InChI=1S/C24H25NO5/c1-16-6-5-7-20(12-16)30-19-10-8-18(9-11-19)25-23(26)15-17-13-21(27-2)24(29-4)22(14-17)28-3/h5-14H,15H2,1-4H3,(H,25,26). The molecule has 156 valence electrons. The van der Waals surface area contributed by atoms with E-state index in [1.165, 1.54) is 0 Å². The number of benzene rings is 3. The first-order valence-corrected chi connectivity index (χ1v) is 9.45. The number of ether oxygens (including phenoxy) is 4. The van der Waals surface area contributed by atoms with Crippen LogP contribution in [0.25, 0.3) is 0 Å². The van der Waals surface area contributed by atoms with E-state index in [0.717, 1.165) is 16.9 Å². The zero-order chi connectivity index (χ0) is 21.5. The second-order valence-electron chi connectivity index (χ2n) is 6.70. The summed E-state index contributed by atoms with van der Waals surface area (Å²) >= 11 is 0. The summed E-state index contributed by atoms with van der Waals surface area (Å²) in [5, 5.41) is 2.89. The minimum absolute atomic E-state index is 0.156. The minimum atomic E-state index is -0.156. The van der Waals surface area contributed by atoms with E-state index in [-0.39, 0.29) is 12.3 Å². The zero-order valence-corrected chi connectivity index (χ0v) is 17.5. The normalized spacial score (nSPS) is 10.3. The topological polar surface area (TPSA) is 66.0 Å². The van der Waals surface area contributed by atoms with Crippen LogP contribution < -0.4 is 24.3 Å². The van der Waals surface area contributed by atoms with Crippen molar-refractivity contribution in [2.75, 3.05) is 26.6 Å². The molecule has 0 saturated heterocycles. The molecule has 0 bridgehead atoms. The number of nitrogens with one attached hydrogen (secondary N) is 1. The summed E-state index contributed by atoms with van der Waals surface area (Å²) in [7, 11) is 4.63. The van der Waals surface area contributed by atoms with Crippen molar-refractivity contribution in [2.45, 2.75) is 13.3 Å². The van der Waals surface area contributed by atoms with E-state index in [1.807, 2.05) is 43.3 Å². The molecular formula is C24H25NO5. The van der Waals surface area contributed by atoms with Crippen LogP contribution in [-0.2, 0) is 11.2 Å². The quantitative estimate of drug-likeness (QED) is 0.570. The summed E-state index contributed by atoms with van der Waals surface area (Å²) in [6.45, 7) is 2.01. The molecule has 0 unspecified atom stereocenters. The van der Waals surface area contributed by atoms with Gasteiger partial charge in [0.05, 0.1) is 27.8 Å². The highest BCUT2D eigenvalue weighted by molar-refractivity contribution is 5.92. The Bertz CT molecular complexity index is 989. The van der Waals surface area contributed by atoms with E-state index in [4.69, 9.17) is 18.9 Å². The van der Waals surface area contributed by atoms with E-state index < -0.39 is 0 Å². The molecule has 0 aliphatic rings. The number of carbonyl (C=O) groups excluding carboxylic acids is 1. The second kappa shape index (κ2) is 9.69. The third kappa shape index (κ3) is 5.23. The maximum Gasteiger partial charge on any atom is 0.228 e. The maximum absolute atomic E-state index is 12.5. The molecule has 3 aromatic carbocycles. The summed E-state index contributed by atoms with van der Waals surface area (Å²) in [6.07, 6.45) is 0.165. The first-order valence-electron chi connectivity index (χ1n) is 9.45. The van der Waals surface area contributed by atoms with Gasteiger partial charge in [-0.05, 0) is 66.6 Å². The zero-order valence-electron chi connectivity index (χ0n) is 17.5. The van der Waals surface area contributed by atoms with E-state index in [9.17, 15) is 4.79 Å². The molecule has 0 heterocycles. The largest absolute Gasteiger partial charge is 0.493 e. The molecule has 0 spiro atoms. The van der Waals surface area contributed by atoms with Crippen LogP contribution in [0, 0.1) is 6.92 Å². The van der Waals surface area contributed by atoms with Crippen molar-refractivity contribution in [2.24, 2.45) is 0 Å². The van der Waals surface area contributed by atoms with Gasteiger partial charge in [-0.25, -0.2) is 0 Å². The van der Waals surface area contributed by atoms with E-state index in [1.54, 1.807) is 45.6 Å². The molecule has 3 rings (SSSR count). The van der Waals surface area contributed by atoms with Gasteiger partial charge in [-0.3, -0.25) is 4.79 Å². The molecule has 0 radical (unpaired) electrons. The van der Waals surface area contributed by atoms with Crippen LogP contribution in [0.5, 0.6) is 28.7 Å². The fraction of sp³-hybridized carbons (Fsp3) is 0.208. The predicted molar refractivity (Wildman–Crippen MR) is 116 cm³/mol. The number of methoxy groups -OCH3 is 3. The van der Waals surface area contributed by atoms with Gasteiger partial charge in [0, 0.05) is 5.69 Å². The number of anilines is 1. The van der Waals surface area contributed by atoms with Gasteiger partial charge in [0.2, 0.25) is 11.7 Å². The molecule has 1 N–H and O–H groups in total. The van der Waals surface area contributed by atoms with Gasteiger partial charge >= 0.3 is 0 Å². The molecule has 0 fully saturated rings. The fourth-order valence-corrected chi connectivity index (χ4v) is 3.05. The van der Waals surface area contributed by atoms with Crippen molar-refractivity contribution in [3.63, 3.8) is 0 Å². The maximum atomic E-state index is 12.5. The Morgan fingerprint density at radius 1 is 0.833 bits per heavy atom. The summed E-state index contributed by atoms with van der Waals surface area (Å²) < 4.78 is 21.8. The van der Waals surface area contributed by atoms with Crippen molar-refractivity contribution in [3.8, 4) is 28.7 Å². The molecule has 3 aromatic rings. The highest BCUT2D eigenvalue weighted by Gasteiger charge is 2.15. The first-order chi connectivity index (χ1) is 14.5. The van der Waals surface area contributed by atoms with Crippen LogP contribution in [0.1, 0.15) is 11.1 Å². The molecule has 0 aromatic heterocycles. The third-order valence-corrected chi connectivity index (χ3v) is 4.45. The fourth-order valence-electron chi connectivity index (χ4n) is 3.05. The van der Waals surface area contributed by atoms with Crippen molar-refractivity contribution in [1.29, 1.82) is 0 Å².